The Labute approximate surface area is 137 Å². The number of nitrogen functional groups attached to an aromatic ring is 1. The molecule has 2 rings (SSSR count). The van der Waals surface area contributed by atoms with E-state index in [1.807, 2.05) is 0 Å². The Morgan fingerprint density at radius 3 is 2.58 bits per heavy atom. The van der Waals surface area contributed by atoms with Crippen LogP contribution in [0.3, 0.4) is 0 Å². The van der Waals surface area contributed by atoms with Gasteiger partial charge < -0.3 is 41.5 Å². The number of anilines is 3. The summed E-state index contributed by atoms with van der Waals surface area (Å²) < 4.78 is 20.4. The van der Waals surface area contributed by atoms with Crippen LogP contribution < -0.4 is 16.4 Å². The van der Waals surface area contributed by atoms with Crippen molar-refractivity contribution in [1.82, 2.24) is 9.97 Å². The highest BCUT2D eigenvalue weighted by atomic mass is 19.1. The molecule has 10 nitrogen and oxygen atoms in total. The number of rotatable bonds is 4. The Bertz CT molecular complexity index is 578. The van der Waals surface area contributed by atoms with Crippen molar-refractivity contribution < 1.29 is 29.6 Å². The molecule has 0 spiro atoms. The summed E-state index contributed by atoms with van der Waals surface area (Å²) in [5.41, 5.74) is 3.46. The van der Waals surface area contributed by atoms with E-state index in [9.17, 15) is 20.4 Å². The molecule has 1 aromatic heterocycles. The number of aromatic nitrogens is 2. The maximum Gasteiger partial charge on any atom is 0.180 e. The van der Waals surface area contributed by atoms with Crippen molar-refractivity contribution in [3.05, 3.63) is 6.33 Å². The molecule has 1 saturated heterocycles. The van der Waals surface area contributed by atoms with Gasteiger partial charge in [-0.05, 0) is 6.92 Å². The van der Waals surface area contributed by atoms with Crippen molar-refractivity contribution in [2.75, 3.05) is 30.0 Å². The predicted octanol–water partition coefficient (Wildman–Crippen LogP) is -1.96. The molecule has 24 heavy (non-hydrogen) atoms. The zero-order valence-electron chi connectivity index (χ0n) is 13.2. The third kappa shape index (κ3) is 3.21. The SMILES string of the molecule is CNc1c(N)ncnc1N[C@@H]1OC(CO)[C@@H](O)[C@H](O)[C@@H](O)[C@@]1(C)F. The number of nitrogens with one attached hydrogen (secondary N) is 2. The third-order valence-corrected chi connectivity index (χ3v) is 4.03. The fourth-order valence-electron chi connectivity index (χ4n) is 2.49. The van der Waals surface area contributed by atoms with Gasteiger partial charge in [0, 0.05) is 7.05 Å². The average molecular weight is 347 g/mol. The summed E-state index contributed by atoms with van der Waals surface area (Å²) in [6.07, 6.45) is -7.21. The molecule has 0 bridgehead atoms. The quantitative estimate of drug-likeness (QED) is 0.325. The number of hydrogen-bond donors (Lipinski definition) is 7. The Kier molecular flexibility index (Phi) is 5.40. The van der Waals surface area contributed by atoms with Gasteiger partial charge in [0.2, 0.25) is 0 Å². The molecule has 6 atom stereocenters. The second-order valence-corrected chi connectivity index (χ2v) is 5.69. The minimum Gasteiger partial charge on any atom is -0.394 e. The fourth-order valence-corrected chi connectivity index (χ4v) is 2.49. The summed E-state index contributed by atoms with van der Waals surface area (Å²) in [6, 6.07) is 0. The third-order valence-electron chi connectivity index (χ3n) is 4.03. The van der Waals surface area contributed by atoms with Crippen molar-refractivity contribution in [3.8, 4) is 0 Å². The monoisotopic (exact) mass is 347 g/mol. The second kappa shape index (κ2) is 6.99. The maximum atomic E-state index is 15.1. The molecular weight excluding hydrogens is 325 g/mol. The van der Waals surface area contributed by atoms with E-state index in [0.29, 0.717) is 0 Å². The Hall–Kier alpha value is -1.79. The van der Waals surface area contributed by atoms with Gasteiger partial charge in [-0.15, -0.1) is 0 Å². The van der Waals surface area contributed by atoms with Crippen LogP contribution in [0.15, 0.2) is 6.33 Å². The first-order valence-corrected chi connectivity index (χ1v) is 7.28. The second-order valence-electron chi connectivity index (χ2n) is 5.69. The molecule has 0 radical (unpaired) electrons. The lowest BCUT2D eigenvalue weighted by molar-refractivity contribution is -0.119. The first-order valence-electron chi connectivity index (χ1n) is 7.28. The summed E-state index contributed by atoms with van der Waals surface area (Å²) in [5.74, 6) is 0.192. The van der Waals surface area contributed by atoms with Gasteiger partial charge in [-0.25, -0.2) is 14.4 Å². The van der Waals surface area contributed by atoms with Crippen molar-refractivity contribution in [1.29, 1.82) is 0 Å². The highest BCUT2D eigenvalue weighted by molar-refractivity contribution is 5.75. The molecule has 0 aromatic carbocycles. The molecule has 2 heterocycles. The van der Waals surface area contributed by atoms with E-state index >= 15 is 4.39 Å². The Balaban J connectivity index is 2.38. The average Bonchev–Trinajstić information content (AvgIpc) is 2.60. The molecule has 1 fully saturated rings. The van der Waals surface area contributed by atoms with Crippen molar-refractivity contribution in [2.45, 2.75) is 43.2 Å². The first-order chi connectivity index (χ1) is 11.2. The number of nitrogens with two attached hydrogens (primary N) is 1. The molecule has 0 saturated carbocycles. The number of aliphatic hydroxyl groups excluding tert-OH is 4. The van der Waals surface area contributed by atoms with Gasteiger partial charge in [-0.1, -0.05) is 0 Å². The van der Waals surface area contributed by atoms with E-state index in [1.165, 1.54) is 0 Å². The first kappa shape index (κ1) is 18.5. The Morgan fingerprint density at radius 2 is 2.00 bits per heavy atom. The molecule has 1 aliphatic rings. The van der Waals surface area contributed by atoms with E-state index in [1.54, 1.807) is 7.05 Å². The van der Waals surface area contributed by atoms with Gasteiger partial charge in [0.1, 0.15) is 36.4 Å². The summed E-state index contributed by atoms with van der Waals surface area (Å²) >= 11 is 0. The highest BCUT2D eigenvalue weighted by Gasteiger charge is 2.53. The van der Waals surface area contributed by atoms with Gasteiger partial charge in [0.15, 0.2) is 23.5 Å². The number of halogens is 1. The summed E-state index contributed by atoms with van der Waals surface area (Å²) in [5, 5.41) is 44.5. The van der Waals surface area contributed by atoms with E-state index in [0.717, 1.165) is 13.3 Å². The van der Waals surface area contributed by atoms with Crippen LogP contribution in [0.1, 0.15) is 6.92 Å². The molecule has 8 N–H and O–H groups in total. The number of nitrogens with zero attached hydrogens (tertiary/aromatic N) is 2. The standard InChI is InChI=1S/C13H22FN5O5/c1-13(14)9(23)8(22)7(21)5(3-20)24-12(13)19-11-6(16-2)10(15)17-4-18-11/h4-5,7-9,12,16,20-23H,3H2,1-2H3,(H3,15,17,18,19)/t5?,7-,8+,9-,12-,13-/m1/s1. The highest BCUT2D eigenvalue weighted by Crippen LogP contribution is 2.34. The lowest BCUT2D eigenvalue weighted by Gasteiger charge is -2.34. The van der Waals surface area contributed by atoms with Crippen LogP contribution >= 0.6 is 0 Å². The Morgan fingerprint density at radius 1 is 1.33 bits per heavy atom. The maximum absolute atomic E-state index is 15.1. The van der Waals surface area contributed by atoms with Crippen LogP contribution in [-0.2, 0) is 4.74 Å². The van der Waals surface area contributed by atoms with E-state index in [2.05, 4.69) is 20.6 Å². The van der Waals surface area contributed by atoms with Crippen molar-refractivity contribution >= 4 is 17.3 Å². The molecule has 1 aromatic rings. The normalized spacial score (nSPS) is 36.9. The fraction of sp³-hybridized carbons (Fsp3) is 0.692. The van der Waals surface area contributed by atoms with Crippen LogP contribution in [0.4, 0.5) is 21.7 Å². The van der Waals surface area contributed by atoms with Crippen LogP contribution in [0.5, 0.6) is 0 Å². The zero-order chi connectivity index (χ0) is 18.1. The molecule has 0 aliphatic carbocycles. The molecule has 11 heteroatoms. The topological polar surface area (TPSA) is 166 Å². The van der Waals surface area contributed by atoms with E-state index in [4.69, 9.17) is 10.5 Å². The molecule has 1 unspecified atom stereocenters. The van der Waals surface area contributed by atoms with Crippen LogP contribution in [0.25, 0.3) is 0 Å². The smallest absolute Gasteiger partial charge is 0.180 e. The number of alkyl halides is 1. The minimum atomic E-state index is -2.52. The van der Waals surface area contributed by atoms with Crippen LogP contribution in [-0.4, -0.2) is 80.4 Å². The summed E-state index contributed by atoms with van der Waals surface area (Å²) in [6.45, 7) is 0.304. The molecular formula is C13H22FN5O5. The predicted molar refractivity (Wildman–Crippen MR) is 82.9 cm³/mol. The van der Waals surface area contributed by atoms with E-state index < -0.39 is 42.9 Å². The van der Waals surface area contributed by atoms with Gasteiger partial charge in [0.05, 0.1) is 6.61 Å². The molecule has 136 valence electrons. The summed E-state index contributed by atoms with van der Waals surface area (Å²) in [4.78, 5) is 7.72. The van der Waals surface area contributed by atoms with Crippen molar-refractivity contribution in [3.63, 3.8) is 0 Å². The van der Waals surface area contributed by atoms with Gasteiger partial charge in [0.25, 0.3) is 0 Å². The minimum absolute atomic E-state index is 0.0913. The summed E-state index contributed by atoms with van der Waals surface area (Å²) in [7, 11) is 1.56. The van der Waals surface area contributed by atoms with Crippen molar-refractivity contribution in [2.24, 2.45) is 0 Å². The number of aliphatic hydroxyl groups is 4. The number of hydrogen-bond acceptors (Lipinski definition) is 10. The molecule has 0 amide bonds. The van der Waals surface area contributed by atoms with E-state index in [-0.39, 0.29) is 17.3 Å². The van der Waals surface area contributed by atoms with Gasteiger partial charge in [-0.2, -0.15) is 0 Å². The van der Waals surface area contributed by atoms with Crippen LogP contribution in [0, 0.1) is 0 Å². The lowest BCUT2D eigenvalue weighted by Crippen LogP contribution is -2.54. The van der Waals surface area contributed by atoms with Crippen LogP contribution in [0.2, 0.25) is 0 Å². The zero-order valence-corrected chi connectivity index (χ0v) is 13.2. The van der Waals surface area contributed by atoms with Gasteiger partial charge in [-0.3, -0.25) is 0 Å². The lowest BCUT2D eigenvalue weighted by atomic mass is 9.92. The molecule has 1 aliphatic heterocycles. The largest absolute Gasteiger partial charge is 0.394 e. The van der Waals surface area contributed by atoms with Gasteiger partial charge >= 0.3 is 0 Å². The number of ether oxygens (including phenoxy) is 1.